The Balaban J connectivity index is 1.84. The Morgan fingerprint density at radius 1 is 1.10 bits per heavy atom. The molecule has 1 unspecified atom stereocenters. The van der Waals surface area contributed by atoms with Crippen LogP contribution in [0.4, 0.5) is 4.39 Å². The van der Waals surface area contributed by atoms with Gasteiger partial charge in [-0.2, -0.15) is 0 Å². The molecule has 1 aliphatic rings. The van der Waals surface area contributed by atoms with Crippen LogP contribution in [0.5, 0.6) is 0 Å². The zero-order chi connectivity index (χ0) is 14.4. The van der Waals surface area contributed by atoms with Crippen LogP contribution in [0.3, 0.4) is 0 Å². The lowest BCUT2D eigenvalue weighted by atomic mass is 9.92. The highest BCUT2D eigenvalue weighted by Gasteiger charge is 2.20. The van der Waals surface area contributed by atoms with E-state index in [4.69, 9.17) is 0 Å². The van der Waals surface area contributed by atoms with Crippen LogP contribution in [0.25, 0.3) is 0 Å². The molecular weight excluding hydrogens is 249 g/mol. The van der Waals surface area contributed by atoms with E-state index in [1.165, 1.54) is 38.5 Å². The summed E-state index contributed by atoms with van der Waals surface area (Å²) in [5, 5.41) is 3.69. The van der Waals surface area contributed by atoms with Crippen LogP contribution in [0.15, 0.2) is 24.3 Å². The van der Waals surface area contributed by atoms with E-state index >= 15 is 0 Å². The van der Waals surface area contributed by atoms with Gasteiger partial charge in [0, 0.05) is 12.1 Å². The van der Waals surface area contributed by atoms with Gasteiger partial charge in [-0.3, -0.25) is 0 Å². The van der Waals surface area contributed by atoms with Gasteiger partial charge in [0.05, 0.1) is 0 Å². The standard InChI is InChI=1S/C18H28FN/c1-14(13-17-11-7-8-12-18(17)19)20-15(2)16-9-5-3-4-6-10-16/h7-8,11-12,14-16,20H,3-6,9-10,13H2,1-2H3/t14?,15-/m0/s1. The van der Waals surface area contributed by atoms with Crippen molar-refractivity contribution in [2.24, 2.45) is 5.92 Å². The van der Waals surface area contributed by atoms with Crippen molar-refractivity contribution in [1.82, 2.24) is 5.32 Å². The number of halogens is 1. The molecule has 2 rings (SSSR count). The number of nitrogens with one attached hydrogen (secondary N) is 1. The van der Waals surface area contributed by atoms with Crippen LogP contribution in [-0.2, 0) is 6.42 Å². The fraction of sp³-hybridized carbons (Fsp3) is 0.667. The Morgan fingerprint density at radius 2 is 1.75 bits per heavy atom. The molecule has 0 radical (unpaired) electrons. The Morgan fingerprint density at radius 3 is 2.40 bits per heavy atom. The van der Waals surface area contributed by atoms with Crippen molar-refractivity contribution in [1.29, 1.82) is 0 Å². The lowest BCUT2D eigenvalue weighted by Crippen LogP contribution is -2.40. The first-order valence-corrected chi connectivity index (χ1v) is 8.16. The summed E-state index contributed by atoms with van der Waals surface area (Å²) >= 11 is 0. The number of benzene rings is 1. The maximum Gasteiger partial charge on any atom is 0.126 e. The van der Waals surface area contributed by atoms with Crippen LogP contribution in [0.1, 0.15) is 57.9 Å². The van der Waals surface area contributed by atoms with Crippen LogP contribution < -0.4 is 5.32 Å². The Bertz CT molecular complexity index is 396. The molecule has 0 bridgehead atoms. The molecule has 1 aromatic rings. The van der Waals surface area contributed by atoms with E-state index in [-0.39, 0.29) is 5.82 Å². The van der Waals surface area contributed by atoms with E-state index in [9.17, 15) is 4.39 Å². The molecule has 1 nitrogen and oxygen atoms in total. The van der Waals surface area contributed by atoms with E-state index in [0.29, 0.717) is 12.1 Å². The first-order valence-electron chi connectivity index (χ1n) is 8.16. The molecule has 1 saturated carbocycles. The third kappa shape index (κ3) is 4.59. The highest BCUT2D eigenvalue weighted by molar-refractivity contribution is 5.18. The monoisotopic (exact) mass is 277 g/mol. The summed E-state index contributed by atoms with van der Waals surface area (Å²) in [5.74, 6) is 0.712. The number of rotatable bonds is 5. The minimum absolute atomic E-state index is 0.0803. The van der Waals surface area contributed by atoms with Crippen LogP contribution >= 0.6 is 0 Å². The van der Waals surface area contributed by atoms with Crippen LogP contribution in [0, 0.1) is 11.7 Å². The Hall–Kier alpha value is -0.890. The lowest BCUT2D eigenvalue weighted by Gasteiger charge is -2.27. The van der Waals surface area contributed by atoms with Gasteiger partial charge in [-0.25, -0.2) is 4.39 Å². The van der Waals surface area contributed by atoms with Gasteiger partial charge in [0.25, 0.3) is 0 Å². The topological polar surface area (TPSA) is 12.0 Å². The summed E-state index contributed by atoms with van der Waals surface area (Å²) in [6.07, 6.45) is 9.00. The molecule has 1 aliphatic carbocycles. The second-order valence-electron chi connectivity index (χ2n) is 6.40. The second-order valence-corrected chi connectivity index (χ2v) is 6.40. The van der Waals surface area contributed by atoms with Crippen LogP contribution in [0.2, 0.25) is 0 Å². The molecule has 1 aromatic carbocycles. The summed E-state index contributed by atoms with van der Waals surface area (Å²) in [6.45, 7) is 4.47. The van der Waals surface area contributed by atoms with Crippen molar-refractivity contribution in [3.05, 3.63) is 35.6 Å². The molecule has 0 aliphatic heterocycles. The van der Waals surface area contributed by atoms with Gasteiger partial charge in [-0.15, -0.1) is 0 Å². The van der Waals surface area contributed by atoms with Gasteiger partial charge >= 0.3 is 0 Å². The first kappa shape index (κ1) is 15.5. The molecule has 1 fully saturated rings. The summed E-state index contributed by atoms with van der Waals surface area (Å²) in [6, 6.07) is 7.98. The summed E-state index contributed by atoms with van der Waals surface area (Å²) in [7, 11) is 0. The van der Waals surface area contributed by atoms with Crippen molar-refractivity contribution in [3.8, 4) is 0 Å². The minimum atomic E-state index is -0.0803. The third-order valence-corrected chi connectivity index (χ3v) is 4.64. The highest BCUT2D eigenvalue weighted by Crippen LogP contribution is 2.25. The minimum Gasteiger partial charge on any atom is -0.311 e. The molecule has 0 heterocycles. The molecular formula is C18H28FN. The van der Waals surface area contributed by atoms with E-state index in [1.807, 2.05) is 12.1 Å². The van der Waals surface area contributed by atoms with E-state index < -0.39 is 0 Å². The van der Waals surface area contributed by atoms with Crippen molar-refractivity contribution in [2.45, 2.75) is 70.9 Å². The molecule has 0 saturated heterocycles. The van der Waals surface area contributed by atoms with Gasteiger partial charge in [0.1, 0.15) is 5.82 Å². The van der Waals surface area contributed by atoms with Gasteiger partial charge in [-0.1, -0.05) is 43.9 Å². The average Bonchev–Trinajstić information content (AvgIpc) is 2.70. The van der Waals surface area contributed by atoms with Crippen LogP contribution in [-0.4, -0.2) is 12.1 Å². The Labute approximate surface area is 123 Å². The fourth-order valence-electron chi connectivity index (χ4n) is 3.45. The molecule has 2 heteroatoms. The van der Waals surface area contributed by atoms with E-state index in [2.05, 4.69) is 19.2 Å². The van der Waals surface area contributed by atoms with Gasteiger partial charge in [0.15, 0.2) is 0 Å². The molecule has 1 N–H and O–H groups in total. The predicted octanol–water partition coefficient (Wildman–Crippen LogP) is 4.71. The second kappa shape index (κ2) is 7.78. The zero-order valence-corrected chi connectivity index (χ0v) is 12.9. The maximum absolute atomic E-state index is 13.7. The number of hydrogen-bond acceptors (Lipinski definition) is 1. The van der Waals surface area contributed by atoms with Crippen molar-refractivity contribution in [2.75, 3.05) is 0 Å². The smallest absolute Gasteiger partial charge is 0.126 e. The normalized spacial score (nSPS) is 20.4. The fourth-order valence-corrected chi connectivity index (χ4v) is 3.45. The highest BCUT2D eigenvalue weighted by atomic mass is 19.1. The zero-order valence-electron chi connectivity index (χ0n) is 12.9. The summed E-state index contributed by atoms with van der Waals surface area (Å²) in [4.78, 5) is 0. The number of hydrogen-bond donors (Lipinski definition) is 1. The maximum atomic E-state index is 13.7. The van der Waals surface area contributed by atoms with Crippen molar-refractivity contribution in [3.63, 3.8) is 0 Å². The molecule has 0 spiro atoms. The molecule has 2 atom stereocenters. The van der Waals surface area contributed by atoms with Gasteiger partial charge in [-0.05, 0) is 50.7 Å². The molecule has 0 aromatic heterocycles. The summed E-state index contributed by atoms with van der Waals surface area (Å²) in [5.41, 5.74) is 0.820. The molecule has 20 heavy (non-hydrogen) atoms. The molecule has 112 valence electrons. The Kier molecular flexibility index (Phi) is 6.03. The van der Waals surface area contributed by atoms with E-state index in [1.54, 1.807) is 12.1 Å². The van der Waals surface area contributed by atoms with Crippen molar-refractivity contribution < 1.29 is 4.39 Å². The largest absolute Gasteiger partial charge is 0.311 e. The SMILES string of the molecule is CC(Cc1ccccc1F)N[C@@H](C)C1CCCCCC1. The summed E-state index contributed by atoms with van der Waals surface area (Å²) < 4.78 is 13.7. The quantitative estimate of drug-likeness (QED) is 0.769. The molecule has 0 amide bonds. The van der Waals surface area contributed by atoms with Crippen molar-refractivity contribution >= 4 is 0 Å². The van der Waals surface area contributed by atoms with E-state index in [0.717, 1.165) is 17.9 Å². The average molecular weight is 277 g/mol. The lowest BCUT2D eigenvalue weighted by molar-refractivity contribution is 0.313. The predicted molar refractivity (Wildman–Crippen MR) is 83.4 cm³/mol. The third-order valence-electron chi connectivity index (χ3n) is 4.64. The first-order chi connectivity index (χ1) is 9.66. The van der Waals surface area contributed by atoms with Gasteiger partial charge < -0.3 is 5.32 Å². The van der Waals surface area contributed by atoms with Gasteiger partial charge in [0.2, 0.25) is 0 Å².